The normalized spacial score (nSPS) is 15.8. The lowest BCUT2D eigenvalue weighted by Crippen LogP contribution is -2.31. The molecule has 0 unspecified atom stereocenters. The van der Waals surface area contributed by atoms with Crippen LogP contribution < -0.4 is 16.0 Å². The minimum atomic E-state index is -0.0246. The molecule has 3 N–H and O–H groups in total. The number of hydrogen-bond acceptors (Lipinski definition) is 3. The molecule has 0 radical (unpaired) electrons. The molecule has 0 heterocycles. The quantitative estimate of drug-likeness (QED) is 0.785. The molecular weight excluding hydrogens is 250 g/mol. The van der Waals surface area contributed by atoms with E-state index in [0.717, 1.165) is 12.2 Å². The molecule has 1 aliphatic carbocycles. The minimum absolute atomic E-state index is 0.0246. The molecule has 110 valence electrons. The molecule has 2 rings (SSSR count). The Morgan fingerprint density at radius 1 is 1.40 bits per heavy atom. The maximum atomic E-state index is 12.4. The predicted molar refractivity (Wildman–Crippen MR) is 84.1 cm³/mol. The largest absolute Gasteiger partial charge is 0.399 e. The van der Waals surface area contributed by atoms with Gasteiger partial charge in [0.2, 0.25) is 0 Å². The zero-order valence-corrected chi connectivity index (χ0v) is 12.7. The summed E-state index contributed by atoms with van der Waals surface area (Å²) in [5.41, 5.74) is 8.35. The smallest absolute Gasteiger partial charge is 0.253 e. The van der Waals surface area contributed by atoms with Gasteiger partial charge < -0.3 is 16.0 Å². The Morgan fingerprint density at radius 3 is 2.65 bits per heavy atom. The van der Waals surface area contributed by atoms with E-state index in [2.05, 4.69) is 12.2 Å². The Kier molecular flexibility index (Phi) is 4.21. The molecule has 0 bridgehead atoms. The molecule has 0 aromatic heterocycles. The van der Waals surface area contributed by atoms with Gasteiger partial charge in [-0.3, -0.25) is 4.79 Å². The van der Waals surface area contributed by atoms with Crippen LogP contribution in [0.4, 0.5) is 11.4 Å². The highest BCUT2D eigenvalue weighted by Gasteiger charge is 2.41. The summed E-state index contributed by atoms with van der Waals surface area (Å²) in [7, 11) is 3.86. The van der Waals surface area contributed by atoms with Gasteiger partial charge in [0.05, 0.1) is 5.56 Å². The van der Waals surface area contributed by atoms with Crippen LogP contribution in [0.2, 0.25) is 0 Å². The van der Waals surface area contributed by atoms with Crippen molar-refractivity contribution >= 4 is 17.3 Å². The Labute approximate surface area is 121 Å². The Morgan fingerprint density at radius 2 is 2.10 bits per heavy atom. The lowest BCUT2D eigenvalue weighted by atomic mass is 10.0. The molecule has 1 aliphatic rings. The summed E-state index contributed by atoms with van der Waals surface area (Å²) in [6, 6.07) is 5.47. The van der Waals surface area contributed by atoms with Gasteiger partial charge in [-0.2, -0.15) is 0 Å². The van der Waals surface area contributed by atoms with Crippen LogP contribution in [0.15, 0.2) is 18.2 Å². The first kappa shape index (κ1) is 14.7. The number of nitrogen functional groups attached to an aromatic ring is 1. The second-order valence-electron chi connectivity index (χ2n) is 6.10. The van der Waals surface area contributed by atoms with Crippen molar-refractivity contribution < 1.29 is 4.79 Å². The topological polar surface area (TPSA) is 58.4 Å². The van der Waals surface area contributed by atoms with E-state index in [9.17, 15) is 4.79 Å². The maximum Gasteiger partial charge on any atom is 0.253 e. The first-order valence-electron chi connectivity index (χ1n) is 7.32. The van der Waals surface area contributed by atoms with E-state index in [1.54, 1.807) is 6.07 Å². The number of carbonyl (C=O) groups excluding carboxylic acids is 1. The van der Waals surface area contributed by atoms with E-state index in [4.69, 9.17) is 5.73 Å². The van der Waals surface area contributed by atoms with E-state index < -0.39 is 0 Å². The number of nitrogens with two attached hydrogens (primary N) is 1. The number of nitrogens with one attached hydrogen (secondary N) is 1. The molecule has 0 atom stereocenters. The second-order valence-corrected chi connectivity index (χ2v) is 6.10. The molecule has 4 heteroatoms. The third-order valence-corrected chi connectivity index (χ3v) is 4.11. The summed E-state index contributed by atoms with van der Waals surface area (Å²) < 4.78 is 0. The summed E-state index contributed by atoms with van der Waals surface area (Å²) in [4.78, 5) is 14.3. The van der Waals surface area contributed by atoms with Gasteiger partial charge in [-0.15, -0.1) is 0 Å². The third-order valence-electron chi connectivity index (χ3n) is 4.11. The van der Waals surface area contributed by atoms with Gasteiger partial charge in [0.15, 0.2) is 0 Å². The molecule has 20 heavy (non-hydrogen) atoms. The number of carbonyl (C=O) groups is 1. The van der Waals surface area contributed by atoms with Crippen molar-refractivity contribution in [2.24, 2.45) is 5.41 Å². The molecule has 1 fully saturated rings. The number of amides is 1. The highest BCUT2D eigenvalue weighted by Crippen LogP contribution is 2.48. The first-order chi connectivity index (χ1) is 9.47. The molecular formula is C16H25N3O. The van der Waals surface area contributed by atoms with Crippen LogP contribution in [0.1, 0.15) is 43.0 Å². The van der Waals surface area contributed by atoms with E-state index in [-0.39, 0.29) is 5.91 Å². The summed E-state index contributed by atoms with van der Waals surface area (Å²) in [6.07, 6.45) is 4.85. The van der Waals surface area contributed by atoms with Crippen molar-refractivity contribution in [1.29, 1.82) is 0 Å². The van der Waals surface area contributed by atoms with E-state index >= 15 is 0 Å². The lowest BCUT2D eigenvalue weighted by Gasteiger charge is -2.19. The molecule has 1 amide bonds. The van der Waals surface area contributed by atoms with Crippen LogP contribution in [0.3, 0.4) is 0 Å². The van der Waals surface area contributed by atoms with E-state index in [0.29, 0.717) is 16.7 Å². The van der Waals surface area contributed by atoms with Gasteiger partial charge in [-0.25, -0.2) is 0 Å². The number of hydrogen-bond donors (Lipinski definition) is 2. The van der Waals surface area contributed by atoms with Gasteiger partial charge in [0.25, 0.3) is 5.91 Å². The zero-order valence-electron chi connectivity index (χ0n) is 12.7. The van der Waals surface area contributed by atoms with Crippen LogP contribution in [-0.2, 0) is 0 Å². The number of rotatable bonds is 6. The Hall–Kier alpha value is -1.71. The summed E-state index contributed by atoms with van der Waals surface area (Å²) in [6.45, 7) is 2.98. The Balaban J connectivity index is 2.07. The van der Waals surface area contributed by atoms with Gasteiger partial charge in [0.1, 0.15) is 0 Å². The SMILES string of the molecule is CCCC1(CNC(=O)c2cc(N)ccc2N(C)C)CC1. The molecule has 1 aromatic carbocycles. The first-order valence-corrected chi connectivity index (χ1v) is 7.32. The van der Waals surface area contributed by atoms with Crippen LogP contribution in [0, 0.1) is 5.41 Å². The van der Waals surface area contributed by atoms with Gasteiger partial charge in [-0.05, 0) is 42.9 Å². The fourth-order valence-electron chi connectivity index (χ4n) is 2.71. The number of anilines is 2. The van der Waals surface area contributed by atoms with Crippen LogP contribution in [0.25, 0.3) is 0 Å². The van der Waals surface area contributed by atoms with Gasteiger partial charge in [-0.1, -0.05) is 13.3 Å². The summed E-state index contributed by atoms with van der Waals surface area (Å²) in [5, 5.41) is 3.09. The van der Waals surface area contributed by atoms with Crippen molar-refractivity contribution in [3.05, 3.63) is 23.8 Å². The van der Waals surface area contributed by atoms with Crippen LogP contribution in [-0.4, -0.2) is 26.5 Å². The van der Waals surface area contributed by atoms with E-state index in [1.807, 2.05) is 31.1 Å². The molecule has 1 saturated carbocycles. The van der Waals surface area contributed by atoms with Gasteiger partial charge in [0, 0.05) is 32.0 Å². The average Bonchev–Trinajstić information content (AvgIpc) is 3.16. The van der Waals surface area contributed by atoms with Crippen molar-refractivity contribution in [1.82, 2.24) is 5.32 Å². The number of nitrogens with zero attached hydrogens (tertiary/aromatic N) is 1. The highest BCUT2D eigenvalue weighted by molar-refractivity contribution is 6.00. The average molecular weight is 275 g/mol. The molecule has 0 saturated heterocycles. The lowest BCUT2D eigenvalue weighted by molar-refractivity contribution is 0.0944. The maximum absolute atomic E-state index is 12.4. The van der Waals surface area contributed by atoms with Crippen LogP contribution in [0.5, 0.6) is 0 Å². The van der Waals surface area contributed by atoms with E-state index in [1.165, 1.54) is 25.7 Å². The fourth-order valence-corrected chi connectivity index (χ4v) is 2.71. The Bertz CT molecular complexity index is 492. The predicted octanol–water partition coefficient (Wildman–Crippen LogP) is 2.64. The fraction of sp³-hybridized carbons (Fsp3) is 0.562. The van der Waals surface area contributed by atoms with Crippen molar-refractivity contribution in [3.63, 3.8) is 0 Å². The molecule has 4 nitrogen and oxygen atoms in total. The second kappa shape index (κ2) is 5.73. The van der Waals surface area contributed by atoms with Crippen molar-refractivity contribution in [2.45, 2.75) is 32.6 Å². The summed E-state index contributed by atoms with van der Waals surface area (Å²) >= 11 is 0. The zero-order chi connectivity index (χ0) is 14.8. The minimum Gasteiger partial charge on any atom is -0.399 e. The molecule has 0 spiro atoms. The monoisotopic (exact) mass is 275 g/mol. The third kappa shape index (κ3) is 3.24. The summed E-state index contributed by atoms with van der Waals surface area (Å²) in [5.74, 6) is -0.0246. The van der Waals surface area contributed by atoms with Crippen molar-refractivity contribution in [3.8, 4) is 0 Å². The van der Waals surface area contributed by atoms with Crippen LogP contribution >= 0.6 is 0 Å². The number of benzene rings is 1. The standard InChI is InChI=1S/C16H25N3O/c1-4-7-16(8-9-16)11-18-15(20)13-10-12(17)5-6-14(13)19(2)3/h5-6,10H,4,7-9,11,17H2,1-3H3,(H,18,20). The highest BCUT2D eigenvalue weighted by atomic mass is 16.1. The molecule has 1 aromatic rings. The molecule has 0 aliphatic heterocycles. The van der Waals surface area contributed by atoms with Gasteiger partial charge >= 0.3 is 0 Å². The van der Waals surface area contributed by atoms with Crippen molar-refractivity contribution in [2.75, 3.05) is 31.3 Å².